The maximum atomic E-state index is 5.93. The summed E-state index contributed by atoms with van der Waals surface area (Å²) in [5, 5.41) is 4.89. The highest BCUT2D eigenvalue weighted by atomic mass is 16.5. The van der Waals surface area contributed by atoms with Gasteiger partial charge in [-0.1, -0.05) is 12.1 Å². The zero-order valence-corrected chi connectivity index (χ0v) is 12.3. The lowest BCUT2D eigenvalue weighted by atomic mass is 10.1. The summed E-state index contributed by atoms with van der Waals surface area (Å²) in [7, 11) is 1.82. The molecule has 0 aliphatic carbocycles. The first-order chi connectivity index (χ1) is 10.1. The lowest BCUT2D eigenvalue weighted by molar-refractivity contribution is 0.294. The predicted octanol–water partition coefficient (Wildman–Crippen LogP) is 2.14. The van der Waals surface area contributed by atoms with E-state index in [1.165, 1.54) is 5.56 Å². The average Bonchev–Trinajstić information content (AvgIpc) is 2.83. The average molecular weight is 283 g/mol. The Balaban J connectivity index is 1.88. The van der Waals surface area contributed by atoms with E-state index in [2.05, 4.69) is 28.1 Å². The van der Waals surface area contributed by atoms with Gasteiger partial charge in [0.05, 0.1) is 11.6 Å². The summed E-state index contributed by atoms with van der Waals surface area (Å²) in [6.07, 6.45) is 1.67. The highest BCUT2D eigenvalue weighted by molar-refractivity contribution is 5.84. The van der Waals surface area contributed by atoms with Crippen LogP contribution in [-0.4, -0.2) is 19.7 Å². The number of nitrogens with two attached hydrogens (primary N) is 1. The number of nitrogens with zero attached hydrogens (tertiary/aromatic N) is 4. The molecule has 3 aromatic rings. The Morgan fingerprint density at radius 3 is 2.86 bits per heavy atom. The van der Waals surface area contributed by atoms with Crippen molar-refractivity contribution in [3.05, 3.63) is 41.3 Å². The molecule has 21 heavy (non-hydrogen) atoms. The van der Waals surface area contributed by atoms with Crippen LogP contribution in [0.1, 0.15) is 17.0 Å². The lowest BCUT2D eigenvalue weighted by Crippen LogP contribution is -2.06. The van der Waals surface area contributed by atoms with Gasteiger partial charge in [0.25, 0.3) is 0 Å². The highest BCUT2D eigenvalue weighted by Crippen LogP contribution is 2.22. The molecular weight excluding hydrogens is 266 g/mol. The molecule has 2 heterocycles. The number of nitrogen functional groups attached to an aromatic ring is 1. The maximum absolute atomic E-state index is 5.93. The molecule has 0 amide bonds. The molecule has 0 radical (unpaired) electrons. The Kier molecular flexibility index (Phi) is 3.21. The largest absolute Gasteiger partial charge is 0.485 e. The van der Waals surface area contributed by atoms with E-state index in [9.17, 15) is 0 Å². The summed E-state index contributed by atoms with van der Waals surface area (Å²) in [6, 6.07) is 5.96. The number of aromatic nitrogens is 4. The first kappa shape index (κ1) is 13.4. The van der Waals surface area contributed by atoms with Crippen molar-refractivity contribution in [1.82, 2.24) is 19.7 Å². The Morgan fingerprint density at radius 1 is 1.24 bits per heavy atom. The van der Waals surface area contributed by atoms with Gasteiger partial charge in [-0.15, -0.1) is 0 Å². The van der Waals surface area contributed by atoms with Crippen molar-refractivity contribution in [2.24, 2.45) is 7.05 Å². The molecule has 0 fully saturated rings. The quantitative estimate of drug-likeness (QED) is 0.796. The summed E-state index contributed by atoms with van der Waals surface area (Å²) in [5.74, 6) is 1.81. The molecule has 1 aromatic carbocycles. The topological polar surface area (TPSA) is 78.9 Å². The van der Waals surface area contributed by atoms with Crippen molar-refractivity contribution in [2.45, 2.75) is 20.5 Å². The third kappa shape index (κ3) is 2.40. The predicted molar refractivity (Wildman–Crippen MR) is 81.0 cm³/mol. The van der Waals surface area contributed by atoms with Crippen LogP contribution < -0.4 is 10.5 Å². The van der Waals surface area contributed by atoms with E-state index >= 15 is 0 Å². The molecule has 0 atom stereocenters. The molecule has 2 N–H and O–H groups in total. The number of fused-ring (bicyclic) bond motifs is 1. The van der Waals surface area contributed by atoms with Crippen LogP contribution >= 0.6 is 0 Å². The molecule has 3 rings (SSSR count). The fourth-order valence-corrected chi connectivity index (χ4v) is 2.18. The summed E-state index contributed by atoms with van der Waals surface area (Å²) in [5.41, 5.74) is 8.95. The fourth-order valence-electron chi connectivity index (χ4n) is 2.18. The van der Waals surface area contributed by atoms with E-state index in [0.29, 0.717) is 17.3 Å². The summed E-state index contributed by atoms with van der Waals surface area (Å²) >= 11 is 0. The number of benzene rings is 1. The molecule has 108 valence electrons. The Labute approximate surface area is 122 Å². The van der Waals surface area contributed by atoms with Crippen molar-refractivity contribution in [3.63, 3.8) is 0 Å². The van der Waals surface area contributed by atoms with Gasteiger partial charge in [0.2, 0.25) is 0 Å². The van der Waals surface area contributed by atoms with Gasteiger partial charge in [-0.25, -0.2) is 9.97 Å². The van der Waals surface area contributed by atoms with E-state index < -0.39 is 0 Å². The van der Waals surface area contributed by atoms with Gasteiger partial charge in [0.15, 0.2) is 11.5 Å². The third-order valence-corrected chi connectivity index (χ3v) is 3.58. The van der Waals surface area contributed by atoms with Gasteiger partial charge in [-0.05, 0) is 31.0 Å². The van der Waals surface area contributed by atoms with E-state index in [1.807, 2.05) is 26.1 Å². The normalized spacial score (nSPS) is 11.0. The van der Waals surface area contributed by atoms with Crippen LogP contribution in [-0.2, 0) is 13.7 Å². The van der Waals surface area contributed by atoms with Crippen LogP contribution in [0.25, 0.3) is 11.0 Å². The van der Waals surface area contributed by atoms with Crippen molar-refractivity contribution >= 4 is 16.9 Å². The first-order valence-corrected chi connectivity index (χ1v) is 6.69. The van der Waals surface area contributed by atoms with E-state index in [1.54, 1.807) is 10.9 Å². The molecular formula is C15H17N5O. The van der Waals surface area contributed by atoms with Crippen LogP contribution in [0.3, 0.4) is 0 Å². The maximum Gasteiger partial charge on any atom is 0.170 e. The van der Waals surface area contributed by atoms with Crippen LogP contribution in [0.4, 0.5) is 5.82 Å². The van der Waals surface area contributed by atoms with Gasteiger partial charge < -0.3 is 10.5 Å². The number of aryl methyl sites for hydroxylation is 2. The molecule has 0 aliphatic rings. The zero-order valence-electron chi connectivity index (χ0n) is 12.3. The summed E-state index contributed by atoms with van der Waals surface area (Å²) in [6.45, 7) is 4.36. The molecule has 0 unspecified atom stereocenters. The number of anilines is 1. The fraction of sp³-hybridized carbons (Fsp3) is 0.267. The number of rotatable bonds is 3. The minimum Gasteiger partial charge on any atom is -0.485 e. The standard InChI is InChI=1S/C15H17N5O/c1-9-5-4-6-12(10(9)2)21-8-13-18-14(16)11-7-17-20(3)15(11)19-13/h4-7H,8H2,1-3H3,(H2,16,18,19). The zero-order chi connectivity index (χ0) is 15.0. The number of hydrogen-bond acceptors (Lipinski definition) is 5. The van der Waals surface area contributed by atoms with Crippen LogP contribution in [0.2, 0.25) is 0 Å². The van der Waals surface area contributed by atoms with Gasteiger partial charge in [-0.2, -0.15) is 5.10 Å². The van der Waals surface area contributed by atoms with Gasteiger partial charge in [0.1, 0.15) is 18.2 Å². The van der Waals surface area contributed by atoms with Crippen molar-refractivity contribution < 1.29 is 4.74 Å². The van der Waals surface area contributed by atoms with Gasteiger partial charge >= 0.3 is 0 Å². The molecule has 0 aliphatic heterocycles. The van der Waals surface area contributed by atoms with Gasteiger partial charge in [-0.3, -0.25) is 4.68 Å². The lowest BCUT2D eigenvalue weighted by Gasteiger charge is -2.10. The second kappa shape index (κ2) is 5.05. The third-order valence-electron chi connectivity index (χ3n) is 3.58. The van der Waals surface area contributed by atoms with Crippen molar-refractivity contribution in [1.29, 1.82) is 0 Å². The van der Waals surface area contributed by atoms with Crippen LogP contribution in [0, 0.1) is 13.8 Å². The molecule has 0 saturated heterocycles. The second-order valence-electron chi connectivity index (χ2n) is 5.02. The number of hydrogen-bond donors (Lipinski definition) is 1. The van der Waals surface area contributed by atoms with Crippen LogP contribution in [0.15, 0.2) is 24.4 Å². The monoisotopic (exact) mass is 283 g/mol. The Bertz CT molecular complexity index is 809. The van der Waals surface area contributed by atoms with Crippen molar-refractivity contribution in [2.75, 3.05) is 5.73 Å². The molecule has 0 bridgehead atoms. The minimum atomic E-state index is 0.273. The first-order valence-electron chi connectivity index (χ1n) is 6.69. The summed E-state index contributed by atoms with van der Waals surface area (Å²) < 4.78 is 7.49. The number of ether oxygens (including phenoxy) is 1. The van der Waals surface area contributed by atoms with Gasteiger partial charge in [0, 0.05) is 7.05 Å². The molecule has 6 nitrogen and oxygen atoms in total. The molecule has 6 heteroatoms. The highest BCUT2D eigenvalue weighted by Gasteiger charge is 2.10. The second-order valence-corrected chi connectivity index (χ2v) is 5.02. The van der Waals surface area contributed by atoms with E-state index in [0.717, 1.165) is 16.7 Å². The molecule has 2 aromatic heterocycles. The molecule has 0 saturated carbocycles. The Hall–Kier alpha value is -2.63. The minimum absolute atomic E-state index is 0.273. The summed E-state index contributed by atoms with van der Waals surface area (Å²) in [4.78, 5) is 8.72. The SMILES string of the molecule is Cc1cccc(OCc2nc(N)c3cnn(C)c3n2)c1C. The van der Waals surface area contributed by atoms with E-state index in [-0.39, 0.29) is 6.61 Å². The van der Waals surface area contributed by atoms with E-state index in [4.69, 9.17) is 10.5 Å². The van der Waals surface area contributed by atoms with Crippen molar-refractivity contribution in [3.8, 4) is 5.75 Å². The van der Waals surface area contributed by atoms with Crippen LogP contribution in [0.5, 0.6) is 5.75 Å². The smallest absolute Gasteiger partial charge is 0.170 e. The Morgan fingerprint density at radius 2 is 2.05 bits per heavy atom. The molecule has 0 spiro atoms.